The van der Waals surface area contributed by atoms with Crippen molar-refractivity contribution in [2.45, 2.75) is 0 Å². The van der Waals surface area contributed by atoms with Crippen molar-refractivity contribution < 1.29 is 19.4 Å². The van der Waals surface area contributed by atoms with Gasteiger partial charge >= 0.3 is 0 Å². The molecule has 0 fully saturated rings. The van der Waals surface area contributed by atoms with E-state index in [1.807, 2.05) is 0 Å². The quantitative estimate of drug-likeness (QED) is 0.544. The number of H-pyrrole nitrogens is 1. The number of rotatable bonds is 5. The molecule has 0 aliphatic heterocycles. The predicted molar refractivity (Wildman–Crippen MR) is 99.1 cm³/mol. The van der Waals surface area contributed by atoms with E-state index in [4.69, 9.17) is 9.47 Å². The van der Waals surface area contributed by atoms with Crippen molar-refractivity contribution in [1.29, 1.82) is 0 Å². The van der Waals surface area contributed by atoms with Crippen LogP contribution in [0.2, 0.25) is 0 Å². The minimum Gasteiger partial charge on any atom is -0.506 e. The molecule has 0 aliphatic carbocycles. The van der Waals surface area contributed by atoms with Crippen LogP contribution in [0.25, 0.3) is 17.0 Å². The van der Waals surface area contributed by atoms with Gasteiger partial charge in [-0.25, -0.2) is 0 Å². The van der Waals surface area contributed by atoms with Gasteiger partial charge in [0.15, 0.2) is 5.78 Å². The zero-order valence-electron chi connectivity index (χ0n) is 14.3. The van der Waals surface area contributed by atoms with Crippen LogP contribution in [-0.4, -0.2) is 30.1 Å². The summed E-state index contributed by atoms with van der Waals surface area (Å²) in [6, 6.07) is 11.9. The van der Waals surface area contributed by atoms with E-state index in [-0.39, 0.29) is 11.3 Å². The number of nitrogens with one attached hydrogen (secondary N) is 1. The molecule has 0 aliphatic rings. The third kappa shape index (κ3) is 3.17. The van der Waals surface area contributed by atoms with Crippen molar-refractivity contribution in [2.24, 2.45) is 0 Å². The van der Waals surface area contributed by atoms with Gasteiger partial charge in [-0.15, -0.1) is 0 Å². The topological polar surface area (TPSA) is 88.6 Å². The largest absolute Gasteiger partial charge is 0.506 e. The summed E-state index contributed by atoms with van der Waals surface area (Å²) in [6.45, 7) is 0. The smallest absolute Gasteiger partial charge is 0.263 e. The van der Waals surface area contributed by atoms with E-state index in [9.17, 15) is 14.7 Å². The van der Waals surface area contributed by atoms with Crippen molar-refractivity contribution >= 4 is 22.8 Å². The number of para-hydroxylation sites is 1. The molecular formula is C20H17NO5. The lowest BCUT2D eigenvalue weighted by atomic mass is 10.1. The van der Waals surface area contributed by atoms with Crippen LogP contribution in [0.3, 0.4) is 0 Å². The van der Waals surface area contributed by atoms with Gasteiger partial charge in [-0.3, -0.25) is 9.59 Å². The van der Waals surface area contributed by atoms with Crippen LogP contribution in [0, 0.1) is 0 Å². The normalized spacial score (nSPS) is 11.0. The molecule has 0 bridgehead atoms. The maximum atomic E-state index is 12.5. The Kier molecular flexibility index (Phi) is 4.75. The monoisotopic (exact) mass is 351 g/mol. The lowest BCUT2D eigenvalue weighted by molar-refractivity contribution is 0.104. The first-order chi connectivity index (χ1) is 12.5. The number of methoxy groups -OCH3 is 2. The number of pyridine rings is 1. The number of carbonyl (C=O) groups excluding carboxylic acids is 1. The second-order valence-electron chi connectivity index (χ2n) is 5.53. The van der Waals surface area contributed by atoms with Gasteiger partial charge in [0.1, 0.15) is 22.8 Å². The molecule has 2 N–H and O–H groups in total. The maximum absolute atomic E-state index is 12.5. The van der Waals surface area contributed by atoms with E-state index in [1.165, 1.54) is 19.3 Å². The molecule has 6 nitrogen and oxygen atoms in total. The van der Waals surface area contributed by atoms with E-state index in [1.54, 1.807) is 49.6 Å². The molecule has 0 unspecified atom stereocenters. The van der Waals surface area contributed by atoms with Crippen LogP contribution >= 0.6 is 0 Å². The lowest BCUT2D eigenvalue weighted by Crippen LogP contribution is -2.16. The van der Waals surface area contributed by atoms with Crippen LogP contribution in [0.4, 0.5) is 0 Å². The second-order valence-corrected chi connectivity index (χ2v) is 5.53. The lowest BCUT2D eigenvalue weighted by Gasteiger charge is -2.07. The van der Waals surface area contributed by atoms with E-state index < -0.39 is 11.3 Å². The van der Waals surface area contributed by atoms with Crippen molar-refractivity contribution in [3.63, 3.8) is 0 Å². The van der Waals surface area contributed by atoms with Crippen molar-refractivity contribution in [3.8, 4) is 17.2 Å². The van der Waals surface area contributed by atoms with Crippen LogP contribution in [0.1, 0.15) is 15.9 Å². The highest BCUT2D eigenvalue weighted by atomic mass is 16.5. The SMILES string of the molecule is COc1ccc(C=CC(=O)c2c(O)c3ccccc3[nH]c2=O)c(OC)c1. The minimum absolute atomic E-state index is 0.299. The molecule has 26 heavy (non-hydrogen) atoms. The van der Waals surface area contributed by atoms with Gasteiger partial charge in [-0.05, 0) is 36.4 Å². The molecule has 1 aromatic heterocycles. The Morgan fingerprint density at radius 2 is 1.88 bits per heavy atom. The van der Waals surface area contributed by atoms with Crippen LogP contribution < -0.4 is 15.0 Å². The summed E-state index contributed by atoms with van der Waals surface area (Å²) in [5, 5.41) is 10.8. The number of hydrogen-bond donors (Lipinski definition) is 2. The van der Waals surface area contributed by atoms with Gasteiger partial charge in [0.05, 0.1) is 19.7 Å². The van der Waals surface area contributed by atoms with Gasteiger partial charge < -0.3 is 19.6 Å². The predicted octanol–water partition coefficient (Wildman–Crippen LogP) is 3.15. The number of aromatic hydroxyl groups is 1. The van der Waals surface area contributed by atoms with Gasteiger partial charge in [-0.1, -0.05) is 12.1 Å². The molecule has 132 valence electrons. The number of carbonyl (C=O) groups is 1. The Balaban J connectivity index is 2.00. The Morgan fingerprint density at radius 3 is 2.62 bits per heavy atom. The molecule has 0 saturated heterocycles. The molecule has 1 heterocycles. The third-order valence-electron chi connectivity index (χ3n) is 4.00. The average molecular weight is 351 g/mol. The molecule has 3 rings (SSSR count). The Bertz CT molecular complexity index is 1070. The summed E-state index contributed by atoms with van der Waals surface area (Å²) in [7, 11) is 3.05. The van der Waals surface area contributed by atoms with E-state index >= 15 is 0 Å². The summed E-state index contributed by atoms with van der Waals surface area (Å²) < 4.78 is 10.4. The Labute approximate surface area is 149 Å². The van der Waals surface area contributed by atoms with Gasteiger partial charge in [0.2, 0.25) is 0 Å². The molecule has 6 heteroatoms. The second kappa shape index (κ2) is 7.14. The fraction of sp³-hybridized carbons (Fsp3) is 0.100. The van der Waals surface area contributed by atoms with Gasteiger partial charge in [0, 0.05) is 17.0 Å². The number of fused-ring (bicyclic) bond motifs is 1. The Morgan fingerprint density at radius 1 is 1.12 bits per heavy atom. The fourth-order valence-electron chi connectivity index (χ4n) is 2.66. The van der Waals surface area contributed by atoms with E-state index in [2.05, 4.69) is 4.98 Å². The molecular weight excluding hydrogens is 334 g/mol. The van der Waals surface area contributed by atoms with Gasteiger partial charge in [-0.2, -0.15) is 0 Å². The highest BCUT2D eigenvalue weighted by Gasteiger charge is 2.17. The minimum atomic E-state index is -0.641. The number of aromatic amines is 1. The molecule has 0 amide bonds. The summed E-state index contributed by atoms with van der Waals surface area (Å²) in [6.07, 6.45) is 2.75. The number of aromatic nitrogens is 1. The molecule has 2 aromatic carbocycles. The van der Waals surface area contributed by atoms with E-state index in [0.29, 0.717) is 28.0 Å². The summed E-state index contributed by atoms with van der Waals surface area (Å²) in [4.78, 5) is 27.3. The zero-order chi connectivity index (χ0) is 18.7. The molecule has 0 spiro atoms. The molecule has 0 radical (unpaired) electrons. The average Bonchev–Trinajstić information content (AvgIpc) is 2.66. The van der Waals surface area contributed by atoms with Crippen molar-refractivity contribution in [3.05, 3.63) is 70.0 Å². The van der Waals surface area contributed by atoms with Crippen LogP contribution in [0.5, 0.6) is 17.2 Å². The molecule has 0 saturated carbocycles. The van der Waals surface area contributed by atoms with Crippen molar-refractivity contribution in [1.82, 2.24) is 4.98 Å². The number of benzene rings is 2. The first-order valence-corrected chi connectivity index (χ1v) is 7.83. The van der Waals surface area contributed by atoms with Gasteiger partial charge in [0.25, 0.3) is 5.56 Å². The molecule has 0 atom stereocenters. The number of ketones is 1. The fourth-order valence-corrected chi connectivity index (χ4v) is 2.66. The van der Waals surface area contributed by atoms with Crippen LogP contribution in [-0.2, 0) is 0 Å². The van der Waals surface area contributed by atoms with E-state index in [0.717, 1.165) is 0 Å². The number of hydrogen-bond acceptors (Lipinski definition) is 5. The van der Waals surface area contributed by atoms with Crippen LogP contribution in [0.15, 0.2) is 53.3 Å². The Hall–Kier alpha value is -3.54. The molecule has 3 aromatic rings. The highest BCUT2D eigenvalue weighted by Crippen LogP contribution is 2.27. The zero-order valence-corrected chi connectivity index (χ0v) is 14.3. The maximum Gasteiger partial charge on any atom is 0.263 e. The first-order valence-electron chi connectivity index (χ1n) is 7.83. The number of allylic oxidation sites excluding steroid dienone is 1. The third-order valence-corrected chi connectivity index (χ3v) is 4.00. The number of ether oxygens (including phenoxy) is 2. The standard InChI is InChI=1S/C20H17NO5/c1-25-13-9-7-12(17(11-13)26-2)8-10-16(22)18-19(23)14-5-3-4-6-15(14)21-20(18)24/h3-11H,1-2H3,(H2,21,23,24). The first kappa shape index (κ1) is 17.3. The summed E-state index contributed by atoms with van der Waals surface area (Å²) in [5.74, 6) is 0.201. The van der Waals surface area contributed by atoms with Crippen molar-refractivity contribution in [2.75, 3.05) is 14.2 Å². The highest BCUT2D eigenvalue weighted by molar-refractivity contribution is 6.11. The summed E-state index contributed by atoms with van der Waals surface area (Å²) >= 11 is 0. The summed E-state index contributed by atoms with van der Waals surface area (Å²) in [5.41, 5.74) is 0.163.